The van der Waals surface area contributed by atoms with Gasteiger partial charge in [-0.05, 0) is 36.1 Å². The molecule has 0 spiro atoms. The predicted molar refractivity (Wildman–Crippen MR) is 54.2 cm³/mol. The van der Waals surface area contributed by atoms with Crippen LogP contribution >= 0.6 is 12.4 Å². The molecular formula is C10H15ClO. The summed E-state index contributed by atoms with van der Waals surface area (Å²) in [5.41, 5.74) is 2.47. The van der Waals surface area contributed by atoms with E-state index in [4.69, 9.17) is 5.11 Å². The largest absolute Gasteiger partial charge is 0.508 e. The third kappa shape index (κ3) is 2.42. The summed E-state index contributed by atoms with van der Waals surface area (Å²) in [5.74, 6) is 0.891. The Morgan fingerprint density at radius 3 is 2.25 bits per heavy atom. The van der Waals surface area contributed by atoms with Crippen LogP contribution in [-0.4, -0.2) is 5.11 Å². The second-order valence-corrected chi connectivity index (χ2v) is 3.20. The molecule has 2 heteroatoms. The van der Waals surface area contributed by atoms with Gasteiger partial charge in [-0.15, -0.1) is 12.4 Å². The Morgan fingerprint density at radius 1 is 1.25 bits per heavy atom. The second-order valence-electron chi connectivity index (χ2n) is 3.20. The lowest BCUT2D eigenvalue weighted by Crippen LogP contribution is -1.90. The Balaban J connectivity index is 0.00000121. The Morgan fingerprint density at radius 2 is 1.83 bits per heavy atom. The van der Waals surface area contributed by atoms with Gasteiger partial charge in [0.2, 0.25) is 0 Å². The Bertz CT molecular complexity index is 256. The summed E-state index contributed by atoms with van der Waals surface area (Å²) in [6.07, 6.45) is 0. The number of phenols is 1. The maximum absolute atomic E-state index is 9.12. The minimum absolute atomic E-state index is 0. The van der Waals surface area contributed by atoms with Gasteiger partial charge in [0.15, 0.2) is 0 Å². The normalized spacial score (nSPS) is 9.67. The molecule has 0 atom stereocenters. The van der Waals surface area contributed by atoms with E-state index in [0.717, 1.165) is 0 Å². The minimum Gasteiger partial charge on any atom is -0.508 e. The van der Waals surface area contributed by atoms with Crippen LogP contribution in [0, 0.1) is 6.92 Å². The molecule has 0 heterocycles. The van der Waals surface area contributed by atoms with Crippen LogP contribution in [0.25, 0.3) is 0 Å². The molecule has 0 unspecified atom stereocenters. The van der Waals surface area contributed by atoms with Gasteiger partial charge in [-0.1, -0.05) is 19.9 Å². The SMILES string of the molecule is Cc1cc(O)ccc1C(C)C.Cl. The quantitative estimate of drug-likeness (QED) is 0.714. The molecule has 0 radical (unpaired) electrons. The first-order valence-electron chi connectivity index (χ1n) is 3.91. The first-order valence-corrected chi connectivity index (χ1v) is 3.91. The van der Waals surface area contributed by atoms with Crippen LogP contribution in [-0.2, 0) is 0 Å². The van der Waals surface area contributed by atoms with Crippen molar-refractivity contribution in [1.82, 2.24) is 0 Å². The fourth-order valence-electron chi connectivity index (χ4n) is 1.31. The van der Waals surface area contributed by atoms with Crippen molar-refractivity contribution in [2.45, 2.75) is 26.7 Å². The molecule has 0 aliphatic heterocycles. The average molecular weight is 187 g/mol. The number of hydrogen-bond acceptors (Lipinski definition) is 1. The van der Waals surface area contributed by atoms with Crippen LogP contribution in [0.1, 0.15) is 30.9 Å². The van der Waals surface area contributed by atoms with Crippen molar-refractivity contribution < 1.29 is 5.11 Å². The fraction of sp³-hybridized carbons (Fsp3) is 0.400. The van der Waals surface area contributed by atoms with Gasteiger partial charge < -0.3 is 5.11 Å². The summed E-state index contributed by atoms with van der Waals surface area (Å²) in [6, 6.07) is 5.52. The number of phenolic OH excluding ortho intramolecular Hbond substituents is 1. The van der Waals surface area contributed by atoms with Crippen molar-refractivity contribution in [3.63, 3.8) is 0 Å². The maximum Gasteiger partial charge on any atom is 0.115 e. The van der Waals surface area contributed by atoms with Crippen molar-refractivity contribution in [3.05, 3.63) is 29.3 Å². The van der Waals surface area contributed by atoms with Gasteiger partial charge in [0.1, 0.15) is 5.75 Å². The summed E-state index contributed by atoms with van der Waals surface area (Å²) in [6.45, 7) is 6.33. The van der Waals surface area contributed by atoms with Crippen molar-refractivity contribution in [2.75, 3.05) is 0 Å². The number of aromatic hydroxyl groups is 1. The van der Waals surface area contributed by atoms with Crippen LogP contribution in [0.15, 0.2) is 18.2 Å². The van der Waals surface area contributed by atoms with Crippen LogP contribution in [0.3, 0.4) is 0 Å². The minimum atomic E-state index is 0. The van der Waals surface area contributed by atoms with Crippen molar-refractivity contribution in [3.8, 4) is 5.75 Å². The van der Waals surface area contributed by atoms with Gasteiger partial charge in [-0.3, -0.25) is 0 Å². The Hall–Kier alpha value is -0.690. The monoisotopic (exact) mass is 186 g/mol. The summed E-state index contributed by atoms with van der Waals surface area (Å²) >= 11 is 0. The topological polar surface area (TPSA) is 20.2 Å². The third-order valence-electron chi connectivity index (χ3n) is 1.88. The third-order valence-corrected chi connectivity index (χ3v) is 1.88. The van der Waals surface area contributed by atoms with Gasteiger partial charge >= 0.3 is 0 Å². The lowest BCUT2D eigenvalue weighted by atomic mass is 9.98. The zero-order valence-electron chi connectivity index (χ0n) is 7.66. The Kier molecular flexibility index (Phi) is 4.11. The molecule has 1 aromatic rings. The zero-order valence-corrected chi connectivity index (χ0v) is 8.48. The van der Waals surface area contributed by atoms with Gasteiger partial charge in [-0.2, -0.15) is 0 Å². The molecule has 1 aromatic carbocycles. The van der Waals surface area contributed by atoms with Crippen LogP contribution in [0.5, 0.6) is 5.75 Å². The summed E-state index contributed by atoms with van der Waals surface area (Å²) in [4.78, 5) is 0. The molecule has 0 aliphatic rings. The molecule has 0 bridgehead atoms. The molecule has 0 aromatic heterocycles. The van der Waals surface area contributed by atoms with Gasteiger partial charge in [0.05, 0.1) is 0 Å². The molecule has 0 amide bonds. The van der Waals surface area contributed by atoms with E-state index in [-0.39, 0.29) is 12.4 Å². The van der Waals surface area contributed by atoms with Gasteiger partial charge in [-0.25, -0.2) is 0 Å². The smallest absolute Gasteiger partial charge is 0.115 e. The zero-order chi connectivity index (χ0) is 8.43. The van der Waals surface area contributed by atoms with E-state index in [1.807, 2.05) is 13.0 Å². The number of benzene rings is 1. The molecule has 0 aliphatic carbocycles. The van der Waals surface area contributed by atoms with E-state index in [1.165, 1.54) is 11.1 Å². The molecular weight excluding hydrogens is 172 g/mol. The van der Waals surface area contributed by atoms with Gasteiger partial charge in [0, 0.05) is 0 Å². The number of aryl methyl sites for hydroxylation is 1. The van der Waals surface area contributed by atoms with E-state index < -0.39 is 0 Å². The standard InChI is InChI=1S/C10H14O.ClH/c1-7(2)10-5-4-9(11)6-8(10)3;/h4-7,11H,1-3H3;1H. The molecule has 0 saturated carbocycles. The van der Waals surface area contributed by atoms with E-state index in [9.17, 15) is 0 Å². The molecule has 1 nitrogen and oxygen atoms in total. The van der Waals surface area contributed by atoms with Crippen LogP contribution in [0.4, 0.5) is 0 Å². The highest BCUT2D eigenvalue weighted by atomic mass is 35.5. The molecule has 1 rings (SSSR count). The summed E-state index contributed by atoms with van der Waals surface area (Å²) in [7, 11) is 0. The number of halogens is 1. The van der Waals surface area contributed by atoms with Crippen molar-refractivity contribution in [2.24, 2.45) is 0 Å². The van der Waals surface area contributed by atoms with E-state index in [2.05, 4.69) is 13.8 Å². The summed E-state index contributed by atoms with van der Waals surface area (Å²) in [5, 5.41) is 9.12. The Labute approximate surface area is 79.8 Å². The van der Waals surface area contributed by atoms with Crippen LogP contribution in [0.2, 0.25) is 0 Å². The number of rotatable bonds is 1. The lowest BCUT2D eigenvalue weighted by Gasteiger charge is -2.08. The highest BCUT2D eigenvalue weighted by molar-refractivity contribution is 5.85. The average Bonchev–Trinajstić information content (AvgIpc) is 1.85. The van der Waals surface area contributed by atoms with E-state index >= 15 is 0 Å². The molecule has 0 saturated heterocycles. The van der Waals surface area contributed by atoms with Crippen LogP contribution < -0.4 is 0 Å². The first kappa shape index (κ1) is 11.3. The molecule has 1 N–H and O–H groups in total. The second kappa shape index (κ2) is 4.36. The molecule has 68 valence electrons. The summed E-state index contributed by atoms with van der Waals surface area (Å²) < 4.78 is 0. The van der Waals surface area contributed by atoms with E-state index in [0.29, 0.717) is 11.7 Å². The molecule has 0 fully saturated rings. The fourth-order valence-corrected chi connectivity index (χ4v) is 1.31. The predicted octanol–water partition coefficient (Wildman–Crippen LogP) is 3.25. The van der Waals surface area contributed by atoms with E-state index in [1.54, 1.807) is 12.1 Å². The first-order chi connectivity index (χ1) is 5.11. The highest BCUT2D eigenvalue weighted by Crippen LogP contribution is 2.22. The lowest BCUT2D eigenvalue weighted by molar-refractivity contribution is 0.474. The van der Waals surface area contributed by atoms with Crippen molar-refractivity contribution in [1.29, 1.82) is 0 Å². The maximum atomic E-state index is 9.12. The number of hydrogen-bond donors (Lipinski definition) is 1. The molecule has 12 heavy (non-hydrogen) atoms. The van der Waals surface area contributed by atoms with Gasteiger partial charge in [0.25, 0.3) is 0 Å². The highest BCUT2D eigenvalue weighted by Gasteiger charge is 2.02. The van der Waals surface area contributed by atoms with Crippen molar-refractivity contribution >= 4 is 12.4 Å².